The molecule has 1 aromatic heterocycles. The van der Waals surface area contributed by atoms with E-state index in [4.69, 9.17) is 23.7 Å². The second-order valence-electron chi connectivity index (χ2n) is 16.6. The molecule has 21 heteroatoms. The van der Waals surface area contributed by atoms with Crippen LogP contribution in [0.1, 0.15) is 74.4 Å². The number of H-pyrrole nitrogens is 1. The van der Waals surface area contributed by atoms with Crippen molar-refractivity contribution in [1.29, 1.82) is 0 Å². The van der Waals surface area contributed by atoms with Crippen LogP contribution in [-0.4, -0.2) is 152 Å². The van der Waals surface area contributed by atoms with E-state index in [1.54, 1.807) is 36.4 Å². The molecule has 0 radical (unpaired) electrons. The number of halogens is 2. The average Bonchev–Trinajstić information content (AvgIpc) is 3.94. The van der Waals surface area contributed by atoms with Crippen LogP contribution < -0.4 is 15.5 Å². The minimum Gasteiger partial charge on any atom is -0.387 e. The number of nitrogens with one attached hydrogen (secondary N) is 3. The van der Waals surface area contributed by atoms with Crippen molar-refractivity contribution in [1.82, 2.24) is 20.5 Å². The molecular weight excluding hydrogens is 909 g/mol. The number of aromatic nitrogens is 1. The number of aliphatic hydroxyl groups is 2. The normalized spacial score (nSPS) is 19.2. The van der Waals surface area contributed by atoms with E-state index in [1.807, 2.05) is 0 Å². The number of ketones is 1. The van der Waals surface area contributed by atoms with Crippen LogP contribution in [-0.2, 0) is 55.8 Å². The zero-order valence-electron chi connectivity index (χ0n) is 37.6. The highest BCUT2D eigenvalue weighted by molar-refractivity contribution is 6.24. The number of nitrogens with zero attached hydrogens (tertiary/aromatic N) is 2. The SMILES string of the molecule is O=C1CCC(N2C(=O)c3cccc(CCCOCCOCCOCCOCCOCCCC(=O)c4cc5cc(N6CC(O)C(O)(C(=O)NCc7cc(F)cc(F)c7)C6=O)ccc5[nH]4)c3C2=O)C(=O)N1. The molecule has 0 bridgehead atoms. The van der Waals surface area contributed by atoms with E-state index in [9.17, 15) is 52.6 Å². The molecule has 2 fully saturated rings. The number of amides is 6. The summed E-state index contributed by atoms with van der Waals surface area (Å²) in [5.41, 5.74) is -0.351. The van der Waals surface area contributed by atoms with Crippen molar-refractivity contribution < 1.29 is 76.2 Å². The number of piperidine rings is 1. The fourth-order valence-electron chi connectivity index (χ4n) is 8.28. The number of hydrogen-bond donors (Lipinski definition) is 5. The Morgan fingerprint density at radius 3 is 2.07 bits per heavy atom. The number of benzene rings is 3. The van der Waals surface area contributed by atoms with Crippen molar-refractivity contribution in [2.75, 3.05) is 77.5 Å². The summed E-state index contributed by atoms with van der Waals surface area (Å²) in [6.45, 7) is 2.77. The summed E-state index contributed by atoms with van der Waals surface area (Å²) >= 11 is 0. The minimum atomic E-state index is -2.84. The summed E-state index contributed by atoms with van der Waals surface area (Å²) in [4.78, 5) is 94.4. The minimum absolute atomic E-state index is 0.0511. The number of aromatic amines is 1. The summed E-state index contributed by atoms with van der Waals surface area (Å²) in [5.74, 6) is -6.35. The van der Waals surface area contributed by atoms with E-state index in [-0.39, 0.29) is 41.9 Å². The van der Waals surface area contributed by atoms with Gasteiger partial charge in [-0.05, 0) is 79.3 Å². The Bertz CT molecular complexity index is 2550. The number of aliphatic hydroxyl groups excluding tert-OH is 1. The van der Waals surface area contributed by atoms with Gasteiger partial charge >= 0.3 is 0 Å². The van der Waals surface area contributed by atoms with E-state index in [0.717, 1.165) is 21.9 Å². The first-order valence-electron chi connectivity index (χ1n) is 22.6. The molecule has 0 spiro atoms. The maximum absolute atomic E-state index is 13.6. The lowest BCUT2D eigenvalue weighted by atomic mass is 9.98. The molecule has 4 aromatic rings. The topological polar surface area (TPSA) is 252 Å². The van der Waals surface area contributed by atoms with Gasteiger partial charge in [-0.1, -0.05) is 12.1 Å². The molecule has 69 heavy (non-hydrogen) atoms. The Hall–Kier alpha value is -6.33. The Balaban J connectivity index is 0.691. The fourth-order valence-corrected chi connectivity index (χ4v) is 8.28. The third-order valence-corrected chi connectivity index (χ3v) is 11.8. The molecule has 368 valence electrons. The van der Waals surface area contributed by atoms with Crippen LogP contribution >= 0.6 is 0 Å². The summed E-state index contributed by atoms with van der Waals surface area (Å²) in [6.07, 6.45) is 0.0900. The number of Topliss-reactive ketones (excluding diaryl/α,β-unsaturated/α-hetero) is 1. The molecule has 19 nitrogen and oxygen atoms in total. The van der Waals surface area contributed by atoms with Gasteiger partial charge in [0.2, 0.25) is 17.4 Å². The van der Waals surface area contributed by atoms with E-state index in [0.29, 0.717) is 119 Å². The van der Waals surface area contributed by atoms with Gasteiger partial charge in [-0.15, -0.1) is 0 Å². The van der Waals surface area contributed by atoms with Crippen LogP contribution in [0, 0.1) is 11.6 Å². The number of ether oxygens (including phenoxy) is 5. The number of carbonyl (C=O) groups excluding carboxylic acids is 7. The zero-order valence-corrected chi connectivity index (χ0v) is 37.6. The highest BCUT2D eigenvalue weighted by Gasteiger charge is 2.58. The first kappa shape index (κ1) is 50.5. The second kappa shape index (κ2) is 23.3. The molecule has 3 aliphatic heterocycles. The van der Waals surface area contributed by atoms with E-state index in [2.05, 4.69) is 15.6 Å². The van der Waals surface area contributed by atoms with Crippen LogP contribution in [0.15, 0.2) is 60.7 Å². The van der Waals surface area contributed by atoms with E-state index in [1.165, 1.54) is 6.07 Å². The second-order valence-corrected chi connectivity index (χ2v) is 16.6. The first-order valence-corrected chi connectivity index (χ1v) is 22.6. The van der Waals surface area contributed by atoms with Gasteiger partial charge < -0.3 is 49.1 Å². The molecule has 5 N–H and O–H groups in total. The molecule has 4 heterocycles. The van der Waals surface area contributed by atoms with Crippen molar-refractivity contribution in [3.8, 4) is 0 Å². The van der Waals surface area contributed by atoms with E-state index >= 15 is 0 Å². The fraction of sp³-hybridized carbons (Fsp3) is 0.438. The van der Waals surface area contributed by atoms with Gasteiger partial charge in [0.1, 0.15) is 23.8 Å². The molecule has 7 rings (SSSR count). The van der Waals surface area contributed by atoms with Crippen LogP contribution in [0.4, 0.5) is 14.5 Å². The number of aryl methyl sites for hydroxylation is 1. The maximum atomic E-state index is 13.6. The lowest BCUT2D eigenvalue weighted by Gasteiger charge is -2.27. The number of imide groups is 2. The highest BCUT2D eigenvalue weighted by atomic mass is 19.1. The van der Waals surface area contributed by atoms with Gasteiger partial charge in [0.25, 0.3) is 23.6 Å². The van der Waals surface area contributed by atoms with Gasteiger partial charge in [0.15, 0.2) is 5.78 Å². The van der Waals surface area contributed by atoms with Gasteiger partial charge in [0.05, 0.1) is 76.2 Å². The van der Waals surface area contributed by atoms with Crippen LogP contribution in [0.3, 0.4) is 0 Å². The van der Waals surface area contributed by atoms with Crippen LogP contribution in [0.2, 0.25) is 0 Å². The Kier molecular flexibility index (Phi) is 17.1. The zero-order chi connectivity index (χ0) is 49.1. The molecule has 3 atom stereocenters. The van der Waals surface area contributed by atoms with Crippen molar-refractivity contribution in [3.05, 3.63) is 100 Å². The quantitative estimate of drug-likeness (QED) is 0.0262. The monoisotopic (exact) mass is 961 g/mol. The average molecular weight is 962 g/mol. The predicted molar refractivity (Wildman–Crippen MR) is 239 cm³/mol. The first-order chi connectivity index (χ1) is 33.3. The van der Waals surface area contributed by atoms with E-state index < -0.39 is 77.9 Å². The number of carbonyl (C=O) groups is 7. The highest BCUT2D eigenvalue weighted by Crippen LogP contribution is 2.33. The lowest BCUT2D eigenvalue weighted by Crippen LogP contribution is -2.57. The van der Waals surface area contributed by atoms with Crippen molar-refractivity contribution in [3.63, 3.8) is 0 Å². The molecule has 0 saturated carbocycles. The Morgan fingerprint density at radius 2 is 1.42 bits per heavy atom. The summed E-state index contributed by atoms with van der Waals surface area (Å²) in [7, 11) is 0. The number of hydrogen-bond acceptors (Lipinski definition) is 14. The van der Waals surface area contributed by atoms with Crippen molar-refractivity contribution >= 4 is 57.8 Å². The molecule has 6 amide bonds. The summed E-state index contributed by atoms with van der Waals surface area (Å²) < 4.78 is 55.0. The van der Waals surface area contributed by atoms with Crippen LogP contribution in [0.25, 0.3) is 10.9 Å². The number of anilines is 1. The molecular formula is C48H53F2N5O14. The predicted octanol–water partition coefficient (Wildman–Crippen LogP) is 2.28. The Morgan fingerprint density at radius 1 is 0.783 bits per heavy atom. The van der Waals surface area contributed by atoms with Crippen molar-refractivity contribution in [2.24, 2.45) is 0 Å². The standard InChI is InChI=1S/C48H53F2N5O14/c49-32-22-29(23-33(50)26-32)27-51-46(62)48(64)40(57)28-54(47(48)63)34-8-9-36-31(24-34)25-37(52-36)39(56)7-3-13-66-15-17-68-19-21-69-20-18-67-16-14-65-12-2-5-30-4-1-6-35-42(30)45(61)55(44(35)60)38-10-11-41(58)53-43(38)59/h1,4,6,8-9,22-26,38,40,52,57,64H,2-3,5,7,10-21,27-28H2,(H,51,62)(H,53,58,59). The van der Waals surface area contributed by atoms with Crippen molar-refractivity contribution in [2.45, 2.75) is 62.8 Å². The third kappa shape index (κ3) is 12.1. The molecule has 0 aliphatic carbocycles. The van der Waals surface area contributed by atoms with Gasteiger partial charge in [-0.3, -0.25) is 43.8 Å². The Labute approximate surface area is 394 Å². The number of fused-ring (bicyclic) bond motifs is 2. The largest absolute Gasteiger partial charge is 0.387 e. The van der Waals surface area contributed by atoms with Crippen LogP contribution in [0.5, 0.6) is 0 Å². The molecule has 3 aliphatic rings. The maximum Gasteiger partial charge on any atom is 0.271 e. The molecule has 3 unspecified atom stereocenters. The molecule has 3 aromatic carbocycles. The van der Waals surface area contributed by atoms with Gasteiger partial charge in [-0.25, -0.2) is 8.78 Å². The smallest absolute Gasteiger partial charge is 0.271 e. The summed E-state index contributed by atoms with van der Waals surface area (Å²) in [5, 5.41) is 26.7. The van der Waals surface area contributed by atoms with Gasteiger partial charge in [-0.2, -0.15) is 0 Å². The lowest BCUT2D eigenvalue weighted by molar-refractivity contribution is -0.157. The molecule has 2 saturated heterocycles. The number of rotatable bonds is 26. The summed E-state index contributed by atoms with van der Waals surface area (Å²) in [6, 6.07) is 13.0. The van der Waals surface area contributed by atoms with Gasteiger partial charge in [0, 0.05) is 55.3 Å². The number of β-amino-alcohol motifs (C(OH)–C–C–N with tert-alkyl or cyclic N) is 1. The third-order valence-electron chi connectivity index (χ3n) is 11.8.